The first-order valence-corrected chi connectivity index (χ1v) is 17.7. The number of hydrogen-bond acceptors (Lipinski definition) is 3. The first kappa shape index (κ1) is 42.0. The minimum Gasteiger partial charge on any atom is -0.481 e. The number of amides is 1. The van der Waals surface area contributed by atoms with Crippen LogP contribution in [0.5, 0.6) is 0 Å². The Morgan fingerprint density at radius 3 is 1.68 bits per heavy atom. The first-order valence-electron chi connectivity index (χ1n) is 17.7. The molecule has 1 amide bonds. The molecule has 0 aromatic heterocycles. The zero-order chi connectivity index (χ0) is 33.7. The highest BCUT2D eigenvalue weighted by Crippen LogP contribution is 2.52. The zero-order valence-corrected chi connectivity index (χ0v) is 30.3. The smallest absolute Gasteiger partial charge is 0.303 e. The summed E-state index contributed by atoms with van der Waals surface area (Å²) in [6.07, 6.45) is 20.3. The molecule has 0 bridgehead atoms. The molecule has 0 rings (SSSR count). The van der Waals surface area contributed by atoms with Crippen molar-refractivity contribution in [2.24, 2.45) is 16.2 Å². The maximum atomic E-state index is 12.9. The monoisotopic (exact) mass is 617 g/mol. The quantitative estimate of drug-likeness (QED) is 0.0711. The van der Waals surface area contributed by atoms with E-state index in [9.17, 15) is 9.59 Å². The fourth-order valence-corrected chi connectivity index (χ4v) is 6.10. The van der Waals surface area contributed by atoms with Crippen LogP contribution in [0.15, 0.2) is 37.1 Å². The molecule has 0 aromatic rings. The van der Waals surface area contributed by atoms with Gasteiger partial charge in [0.25, 0.3) is 0 Å². The van der Waals surface area contributed by atoms with Crippen molar-refractivity contribution in [3.63, 3.8) is 0 Å². The largest absolute Gasteiger partial charge is 0.481 e. The van der Waals surface area contributed by atoms with Gasteiger partial charge >= 0.3 is 5.97 Å². The Morgan fingerprint density at radius 1 is 0.705 bits per heavy atom. The van der Waals surface area contributed by atoms with Crippen LogP contribution in [0.25, 0.3) is 0 Å². The highest BCUT2D eigenvalue weighted by atomic mass is 16.4. The number of carboxylic acids is 1. The van der Waals surface area contributed by atoms with Crippen molar-refractivity contribution in [2.75, 3.05) is 19.6 Å². The summed E-state index contributed by atoms with van der Waals surface area (Å²) in [5.41, 5.74) is 2.68. The molecule has 0 saturated heterocycles. The second-order valence-corrected chi connectivity index (χ2v) is 15.5. The average molecular weight is 617 g/mol. The van der Waals surface area contributed by atoms with Crippen molar-refractivity contribution in [3.05, 3.63) is 37.1 Å². The van der Waals surface area contributed by atoms with Gasteiger partial charge < -0.3 is 15.3 Å². The van der Waals surface area contributed by atoms with Gasteiger partial charge in [0.05, 0.1) is 6.42 Å². The number of aliphatic carboxylic acids is 1. The number of nitrogens with zero attached hydrogens (tertiary/aromatic N) is 1. The van der Waals surface area contributed by atoms with Gasteiger partial charge in [-0.05, 0) is 67.6 Å². The van der Waals surface area contributed by atoms with Crippen LogP contribution in [0.2, 0.25) is 0 Å². The van der Waals surface area contributed by atoms with Crippen molar-refractivity contribution in [1.29, 1.82) is 0 Å². The highest BCUT2D eigenvalue weighted by Gasteiger charge is 2.41. The number of allylic oxidation sites excluding steroid dienone is 3. The molecule has 0 aliphatic rings. The fourth-order valence-electron chi connectivity index (χ4n) is 6.10. The van der Waals surface area contributed by atoms with E-state index in [2.05, 4.69) is 78.4 Å². The molecule has 0 heterocycles. The van der Waals surface area contributed by atoms with Gasteiger partial charge in [0.15, 0.2) is 0 Å². The summed E-state index contributed by atoms with van der Waals surface area (Å²) in [6.45, 7) is 31.3. The van der Waals surface area contributed by atoms with Gasteiger partial charge in [-0.2, -0.15) is 0 Å². The van der Waals surface area contributed by atoms with Gasteiger partial charge in [-0.15, -0.1) is 6.58 Å². The van der Waals surface area contributed by atoms with Crippen LogP contribution in [0, 0.1) is 16.2 Å². The second-order valence-electron chi connectivity index (χ2n) is 15.5. The Kier molecular flexibility index (Phi) is 21.4. The molecule has 256 valence electrons. The van der Waals surface area contributed by atoms with Gasteiger partial charge in [0.2, 0.25) is 5.91 Å². The number of hydrogen-bond donors (Lipinski definition) is 2. The molecular formula is C39H72N2O3. The zero-order valence-electron chi connectivity index (χ0n) is 30.3. The molecule has 5 heteroatoms. The summed E-state index contributed by atoms with van der Waals surface area (Å²) in [6, 6.07) is 0. The van der Waals surface area contributed by atoms with Crippen LogP contribution in [0.3, 0.4) is 0 Å². The van der Waals surface area contributed by atoms with Crippen molar-refractivity contribution >= 4 is 11.9 Å². The molecule has 2 N–H and O–H groups in total. The normalized spacial score (nSPS) is 13.2. The second kappa shape index (κ2) is 22.5. The minimum absolute atomic E-state index is 0.0870. The number of carbonyl (C=O) groups is 2. The van der Waals surface area contributed by atoms with Gasteiger partial charge in [-0.3, -0.25) is 9.59 Å². The van der Waals surface area contributed by atoms with Crippen LogP contribution < -0.4 is 5.32 Å². The lowest BCUT2D eigenvalue weighted by Gasteiger charge is -2.47. The van der Waals surface area contributed by atoms with E-state index in [1.165, 1.54) is 56.9 Å². The lowest BCUT2D eigenvalue weighted by atomic mass is 9.57. The molecule has 1 atom stereocenters. The summed E-state index contributed by atoms with van der Waals surface area (Å²) in [4.78, 5) is 25.6. The summed E-state index contributed by atoms with van der Waals surface area (Å²) >= 11 is 0. The van der Waals surface area contributed by atoms with E-state index >= 15 is 0 Å². The van der Waals surface area contributed by atoms with Crippen LogP contribution in [0.1, 0.15) is 164 Å². The van der Waals surface area contributed by atoms with Crippen molar-refractivity contribution in [3.8, 4) is 0 Å². The molecular weight excluding hydrogens is 544 g/mol. The molecule has 0 aliphatic heterocycles. The summed E-state index contributed by atoms with van der Waals surface area (Å²) in [5, 5.41) is 12.0. The van der Waals surface area contributed by atoms with E-state index in [0.29, 0.717) is 12.8 Å². The van der Waals surface area contributed by atoms with Crippen molar-refractivity contribution in [1.82, 2.24) is 10.2 Å². The molecule has 44 heavy (non-hydrogen) atoms. The molecule has 0 spiro atoms. The molecule has 0 fully saturated rings. The Labute approximate surface area is 273 Å². The fraction of sp³-hybridized carbons (Fsp3) is 0.795. The third-order valence-electron chi connectivity index (χ3n) is 9.26. The predicted molar refractivity (Wildman–Crippen MR) is 191 cm³/mol. The van der Waals surface area contributed by atoms with E-state index in [0.717, 1.165) is 70.3 Å². The SMILES string of the molecule is C=CCCC(=O)N(CCCCCCCCCCCCNC(=C)CCC(=O)O)CCCCC(=C)C(C)(CC(C)(C)C)C(C)(C)C. The van der Waals surface area contributed by atoms with E-state index in [1.54, 1.807) is 0 Å². The summed E-state index contributed by atoms with van der Waals surface area (Å²) in [5.74, 6) is -0.501. The molecule has 0 saturated carbocycles. The third kappa shape index (κ3) is 20.1. The molecule has 1 unspecified atom stereocenters. The van der Waals surface area contributed by atoms with Gasteiger partial charge in [0, 0.05) is 31.8 Å². The topological polar surface area (TPSA) is 69.6 Å². The van der Waals surface area contributed by atoms with E-state index in [1.807, 2.05) is 6.08 Å². The lowest BCUT2D eigenvalue weighted by molar-refractivity contribution is -0.137. The van der Waals surface area contributed by atoms with Crippen LogP contribution in [0.4, 0.5) is 0 Å². The van der Waals surface area contributed by atoms with Gasteiger partial charge in [-0.25, -0.2) is 0 Å². The summed E-state index contributed by atoms with van der Waals surface area (Å²) < 4.78 is 0. The van der Waals surface area contributed by atoms with Gasteiger partial charge in [0.1, 0.15) is 0 Å². The number of unbranched alkanes of at least 4 members (excludes halogenated alkanes) is 10. The predicted octanol–water partition coefficient (Wildman–Crippen LogP) is 10.9. The molecule has 0 aromatic carbocycles. The maximum absolute atomic E-state index is 12.9. The summed E-state index contributed by atoms with van der Waals surface area (Å²) in [7, 11) is 0. The maximum Gasteiger partial charge on any atom is 0.303 e. The average Bonchev–Trinajstić information content (AvgIpc) is 2.92. The van der Waals surface area contributed by atoms with E-state index < -0.39 is 5.97 Å². The molecule has 0 aliphatic carbocycles. The van der Waals surface area contributed by atoms with E-state index in [-0.39, 0.29) is 28.6 Å². The number of rotatable bonds is 27. The highest BCUT2D eigenvalue weighted by molar-refractivity contribution is 5.76. The van der Waals surface area contributed by atoms with Crippen LogP contribution >= 0.6 is 0 Å². The first-order chi connectivity index (χ1) is 20.5. The number of nitrogens with one attached hydrogen (secondary N) is 1. The van der Waals surface area contributed by atoms with Crippen LogP contribution in [-0.2, 0) is 9.59 Å². The Hall–Kier alpha value is -2.04. The number of carboxylic acid groups (broad SMARTS) is 1. The van der Waals surface area contributed by atoms with Crippen molar-refractivity contribution in [2.45, 2.75) is 164 Å². The Balaban J connectivity index is 4.29. The Bertz CT molecular complexity index is 848. The van der Waals surface area contributed by atoms with E-state index in [4.69, 9.17) is 5.11 Å². The molecule has 5 nitrogen and oxygen atoms in total. The van der Waals surface area contributed by atoms with Gasteiger partial charge in [-0.1, -0.05) is 125 Å². The lowest BCUT2D eigenvalue weighted by Crippen LogP contribution is -2.38. The number of carbonyl (C=O) groups excluding carboxylic acids is 1. The standard InChI is InChI=1S/C39H72N2O3/c1-11-12-26-35(42)41(31-24-21-25-33(2)39(10,38(7,8)9)32-37(4,5)6)30-23-20-18-16-14-13-15-17-19-22-29-40-34(3)27-28-36(43)44/h11,40H,1-3,12-32H2,4-10H3,(H,43,44). The molecule has 0 radical (unpaired) electrons. The van der Waals surface area contributed by atoms with Crippen LogP contribution in [-0.4, -0.2) is 41.5 Å². The van der Waals surface area contributed by atoms with Crippen molar-refractivity contribution < 1.29 is 14.7 Å². The third-order valence-corrected chi connectivity index (χ3v) is 9.26. The Morgan fingerprint density at radius 2 is 1.20 bits per heavy atom. The minimum atomic E-state index is -0.774.